The first-order valence-corrected chi connectivity index (χ1v) is 12.5. The Hall–Kier alpha value is -4.26. The highest BCUT2D eigenvalue weighted by Crippen LogP contribution is 2.47. The molecule has 3 aromatic rings. The average Bonchev–Trinajstić information content (AvgIpc) is 3.68. The fraction of sp³-hybridized carbons (Fsp3) is 0.321. The molecule has 2 heterocycles. The van der Waals surface area contributed by atoms with Gasteiger partial charge in [-0.3, -0.25) is 9.59 Å². The van der Waals surface area contributed by atoms with Gasteiger partial charge in [-0.15, -0.1) is 0 Å². The number of carbonyl (C=O) groups excluding carboxylic acids is 2. The van der Waals surface area contributed by atoms with E-state index in [0.717, 1.165) is 36.4 Å². The van der Waals surface area contributed by atoms with Crippen LogP contribution in [-0.4, -0.2) is 47.3 Å². The number of ether oxygens (including phenoxy) is 2. The molecule has 0 saturated heterocycles. The molecular formula is C28H24F5N3O5. The van der Waals surface area contributed by atoms with Gasteiger partial charge in [0.05, 0.1) is 18.3 Å². The van der Waals surface area contributed by atoms with Crippen molar-refractivity contribution in [2.45, 2.75) is 43.1 Å². The molecule has 2 aliphatic rings. The number of amides is 2. The van der Waals surface area contributed by atoms with Gasteiger partial charge in [-0.2, -0.15) is 13.2 Å². The van der Waals surface area contributed by atoms with Crippen LogP contribution in [-0.2, 0) is 15.8 Å². The van der Waals surface area contributed by atoms with E-state index in [1.807, 2.05) is 5.32 Å². The van der Waals surface area contributed by atoms with Crippen LogP contribution in [0.25, 0.3) is 11.3 Å². The fourth-order valence-electron chi connectivity index (χ4n) is 4.35. The van der Waals surface area contributed by atoms with Crippen LogP contribution in [0.2, 0.25) is 0 Å². The van der Waals surface area contributed by atoms with Crippen LogP contribution in [0.1, 0.15) is 41.4 Å². The van der Waals surface area contributed by atoms with E-state index in [-0.39, 0.29) is 46.6 Å². The number of primary amides is 1. The maximum Gasteiger partial charge on any atom is 0.424 e. The van der Waals surface area contributed by atoms with Crippen LogP contribution in [0.4, 0.5) is 22.0 Å². The summed E-state index contributed by atoms with van der Waals surface area (Å²) in [6.45, 7) is -0.341. The van der Waals surface area contributed by atoms with Crippen LogP contribution in [0.15, 0.2) is 48.5 Å². The second-order valence-corrected chi connectivity index (χ2v) is 10.2. The minimum atomic E-state index is -5.38. The first-order chi connectivity index (χ1) is 19.2. The van der Waals surface area contributed by atoms with Gasteiger partial charge in [0.25, 0.3) is 5.91 Å². The summed E-state index contributed by atoms with van der Waals surface area (Å²) in [4.78, 5) is 29.2. The SMILES string of the molecule is C[C@]1(C(N)=O)COc2c1cc(C(O)(CNC(=O)c1ccc(F)c(OC3CC3)c1)C(F)(F)F)nc2-c1ccc(F)cc1. The van der Waals surface area contributed by atoms with Crippen molar-refractivity contribution in [1.82, 2.24) is 10.3 Å². The van der Waals surface area contributed by atoms with Crippen LogP contribution in [0.3, 0.4) is 0 Å². The Bertz CT molecular complexity index is 1530. The zero-order valence-corrected chi connectivity index (χ0v) is 21.5. The van der Waals surface area contributed by atoms with E-state index in [4.69, 9.17) is 15.2 Å². The maximum atomic E-state index is 14.5. The number of nitrogens with zero attached hydrogens (tertiary/aromatic N) is 1. The van der Waals surface area contributed by atoms with Crippen molar-refractivity contribution in [3.63, 3.8) is 0 Å². The van der Waals surface area contributed by atoms with Crippen molar-refractivity contribution < 1.29 is 46.1 Å². The quantitative estimate of drug-likeness (QED) is 0.349. The fourth-order valence-corrected chi connectivity index (χ4v) is 4.35. The third kappa shape index (κ3) is 5.17. The summed E-state index contributed by atoms with van der Waals surface area (Å²) in [5, 5.41) is 13.1. The van der Waals surface area contributed by atoms with Crippen molar-refractivity contribution in [2.24, 2.45) is 5.73 Å². The Labute approximate surface area is 230 Å². The molecule has 2 atom stereocenters. The second-order valence-electron chi connectivity index (χ2n) is 10.2. The summed E-state index contributed by atoms with van der Waals surface area (Å²) in [6.07, 6.45) is -4.16. The van der Waals surface area contributed by atoms with Crippen LogP contribution >= 0.6 is 0 Å². The molecule has 8 nitrogen and oxygen atoms in total. The predicted molar refractivity (Wildman–Crippen MR) is 134 cm³/mol. The molecule has 1 saturated carbocycles. The van der Waals surface area contributed by atoms with E-state index in [9.17, 15) is 36.6 Å². The molecule has 0 radical (unpaired) electrons. The third-order valence-electron chi connectivity index (χ3n) is 7.14. The van der Waals surface area contributed by atoms with Gasteiger partial charge < -0.3 is 25.6 Å². The lowest BCUT2D eigenvalue weighted by molar-refractivity contribution is -0.265. The zero-order valence-electron chi connectivity index (χ0n) is 21.5. The first-order valence-electron chi connectivity index (χ1n) is 12.5. The molecule has 1 aliphatic heterocycles. The van der Waals surface area contributed by atoms with E-state index >= 15 is 0 Å². The molecule has 0 bridgehead atoms. The molecule has 2 amide bonds. The number of alkyl halides is 3. The lowest BCUT2D eigenvalue weighted by Crippen LogP contribution is -2.51. The van der Waals surface area contributed by atoms with E-state index in [2.05, 4.69) is 4.98 Å². The molecule has 216 valence electrons. The van der Waals surface area contributed by atoms with Crippen LogP contribution in [0.5, 0.6) is 11.5 Å². The Morgan fingerprint density at radius 2 is 1.83 bits per heavy atom. The highest BCUT2D eigenvalue weighted by molar-refractivity contribution is 5.94. The molecule has 1 unspecified atom stereocenters. The number of aliphatic hydroxyl groups is 1. The molecule has 2 aromatic carbocycles. The van der Waals surface area contributed by atoms with Crippen LogP contribution < -0.4 is 20.5 Å². The number of pyridine rings is 1. The second kappa shape index (κ2) is 9.98. The van der Waals surface area contributed by atoms with E-state index in [1.165, 1.54) is 19.1 Å². The van der Waals surface area contributed by atoms with Crippen LogP contribution in [0, 0.1) is 11.6 Å². The van der Waals surface area contributed by atoms with Gasteiger partial charge in [-0.1, -0.05) is 0 Å². The number of aromatic nitrogens is 1. The molecule has 0 spiro atoms. The molecule has 4 N–H and O–H groups in total. The molecule has 1 aliphatic carbocycles. The van der Waals surface area contributed by atoms with Gasteiger partial charge in [-0.05, 0) is 68.3 Å². The number of nitrogens with two attached hydrogens (primary N) is 1. The summed E-state index contributed by atoms with van der Waals surface area (Å²) in [6, 6.07) is 8.53. The number of carbonyl (C=O) groups is 2. The summed E-state index contributed by atoms with van der Waals surface area (Å²) in [5.41, 5.74) is -1.07. The zero-order chi connectivity index (χ0) is 29.7. The molecule has 13 heteroatoms. The van der Waals surface area contributed by atoms with E-state index < -0.39 is 52.9 Å². The summed E-state index contributed by atoms with van der Waals surface area (Å²) >= 11 is 0. The smallest absolute Gasteiger partial charge is 0.424 e. The predicted octanol–water partition coefficient (Wildman–Crippen LogP) is 3.88. The van der Waals surface area contributed by atoms with Gasteiger partial charge in [0.2, 0.25) is 11.5 Å². The molecule has 41 heavy (non-hydrogen) atoms. The van der Waals surface area contributed by atoms with Gasteiger partial charge in [0.1, 0.15) is 29.3 Å². The lowest BCUT2D eigenvalue weighted by Gasteiger charge is -2.31. The molecule has 5 rings (SSSR count). The number of halogens is 5. The third-order valence-corrected chi connectivity index (χ3v) is 7.14. The summed E-state index contributed by atoms with van der Waals surface area (Å²) in [5.74, 6) is -3.58. The van der Waals surface area contributed by atoms with Crippen molar-refractivity contribution in [1.29, 1.82) is 0 Å². The van der Waals surface area contributed by atoms with Crippen molar-refractivity contribution in [3.05, 3.63) is 77.0 Å². The van der Waals surface area contributed by atoms with Gasteiger partial charge in [0.15, 0.2) is 11.6 Å². The highest BCUT2D eigenvalue weighted by atomic mass is 19.4. The van der Waals surface area contributed by atoms with Gasteiger partial charge >= 0.3 is 6.18 Å². The number of hydrogen-bond acceptors (Lipinski definition) is 6. The van der Waals surface area contributed by atoms with Gasteiger partial charge in [-0.25, -0.2) is 13.8 Å². The normalized spacial score (nSPS) is 19.6. The maximum absolute atomic E-state index is 14.5. The minimum Gasteiger partial charge on any atom is -0.489 e. The highest BCUT2D eigenvalue weighted by Gasteiger charge is 2.57. The lowest BCUT2D eigenvalue weighted by atomic mass is 9.81. The minimum absolute atomic E-state index is 0.0512. The molecule has 1 fully saturated rings. The van der Waals surface area contributed by atoms with Gasteiger partial charge in [0, 0.05) is 16.7 Å². The number of fused-ring (bicyclic) bond motifs is 1. The summed E-state index contributed by atoms with van der Waals surface area (Å²) < 4.78 is 82.2. The number of hydrogen-bond donors (Lipinski definition) is 3. The number of benzene rings is 2. The monoisotopic (exact) mass is 577 g/mol. The Morgan fingerprint density at radius 3 is 2.44 bits per heavy atom. The van der Waals surface area contributed by atoms with E-state index in [1.54, 1.807) is 0 Å². The first kappa shape index (κ1) is 28.3. The Balaban J connectivity index is 1.54. The topological polar surface area (TPSA) is 124 Å². The van der Waals surface area contributed by atoms with E-state index in [0.29, 0.717) is 12.8 Å². The standard InChI is InChI=1S/C28H24F5N3O5/c1-26(25(34)38)13-40-23-18(26)11-21(36-22(23)14-2-5-16(29)6-3-14)27(39,28(31,32)33)12-35-24(37)15-4-9-19(30)20(10-15)41-17-7-8-17/h2-6,9-11,17,39H,7-8,12-13H2,1H3,(H2,34,38)(H,35,37)/t26-,27?/m0/s1. The Morgan fingerprint density at radius 1 is 1.15 bits per heavy atom. The van der Waals surface area contributed by atoms with Crippen molar-refractivity contribution >= 4 is 11.8 Å². The molecular weight excluding hydrogens is 553 g/mol. The number of nitrogens with one attached hydrogen (secondary N) is 1. The summed E-state index contributed by atoms with van der Waals surface area (Å²) in [7, 11) is 0. The Kier molecular flexibility index (Phi) is 6.88. The van der Waals surface area contributed by atoms with Crippen molar-refractivity contribution in [2.75, 3.05) is 13.2 Å². The van der Waals surface area contributed by atoms with Crippen molar-refractivity contribution in [3.8, 4) is 22.8 Å². The molecule has 1 aromatic heterocycles. The largest absolute Gasteiger partial charge is 0.489 e. The average molecular weight is 578 g/mol. The number of rotatable bonds is 8.